The molecule has 16 heavy (non-hydrogen) atoms. The van der Waals surface area contributed by atoms with Gasteiger partial charge in [0.25, 0.3) is 0 Å². The third-order valence-electron chi connectivity index (χ3n) is 2.22. The zero-order valence-electron chi connectivity index (χ0n) is 8.82. The number of ether oxygens (including phenoxy) is 1. The van der Waals surface area contributed by atoms with Crippen molar-refractivity contribution >= 4 is 0 Å². The Labute approximate surface area is 94.5 Å². The first-order valence-electron chi connectivity index (χ1n) is 5.03. The van der Waals surface area contributed by atoms with Crippen LogP contribution in [0.1, 0.15) is 11.1 Å². The van der Waals surface area contributed by atoms with Gasteiger partial charge in [-0.3, -0.25) is 0 Å². The highest BCUT2D eigenvalue weighted by molar-refractivity contribution is 5.30. The van der Waals surface area contributed by atoms with Crippen LogP contribution in [0.4, 0.5) is 4.39 Å². The van der Waals surface area contributed by atoms with Crippen LogP contribution in [0.25, 0.3) is 0 Å². The van der Waals surface area contributed by atoms with Crippen LogP contribution in [0.3, 0.4) is 0 Å². The molecule has 0 saturated carbocycles. The van der Waals surface area contributed by atoms with E-state index in [4.69, 9.17) is 4.74 Å². The minimum Gasteiger partial charge on any atom is -0.489 e. The Morgan fingerprint density at radius 2 is 1.81 bits per heavy atom. The maximum Gasteiger partial charge on any atom is 0.123 e. The van der Waals surface area contributed by atoms with Crippen LogP contribution in [-0.4, -0.2) is 0 Å². The molecule has 2 heteroatoms. The van der Waals surface area contributed by atoms with Crippen molar-refractivity contribution in [3.05, 3.63) is 72.4 Å². The van der Waals surface area contributed by atoms with Gasteiger partial charge >= 0.3 is 0 Å². The first kappa shape index (κ1) is 10.7. The summed E-state index contributed by atoms with van der Waals surface area (Å²) in [6.07, 6.45) is 0. The minimum atomic E-state index is -0.233. The third-order valence-corrected chi connectivity index (χ3v) is 2.22. The molecule has 0 spiro atoms. The first-order chi connectivity index (χ1) is 7.74. The summed E-state index contributed by atoms with van der Waals surface area (Å²) in [7, 11) is 0. The lowest BCUT2D eigenvalue weighted by molar-refractivity contribution is 0.306. The van der Waals surface area contributed by atoms with Gasteiger partial charge in [0.15, 0.2) is 0 Å². The first-order valence-corrected chi connectivity index (χ1v) is 5.03. The molecule has 0 fully saturated rings. The van der Waals surface area contributed by atoms with E-state index < -0.39 is 0 Å². The summed E-state index contributed by atoms with van der Waals surface area (Å²) in [5.41, 5.74) is 1.85. The van der Waals surface area contributed by atoms with E-state index in [-0.39, 0.29) is 5.82 Å². The van der Waals surface area contributed by atoms with Crippen LogP contribution < -0.4 is 4.74 Å². The number of hydrogen-bond donors (Lipinski definition) is 0. The molecule has 0 aliphatic rings. The summed E-state index contributed by atoms with van der Waals surface area (Å²) in [6, 6.07) is 13.8. The maximum atomic E-state index is 12.7. The number of benzene rings is 2. The molecule has 2 rings (SSSR count). The fourth-order valence-corrected chi connectivity index (χ4v) is 1.38. The van der Waals surface area contributed by atoms with Crippen LogP contribution in [0, 0.1) is 12.7 Å². The Hall–Kier alpha value is -1.83. The maximum absolute atomic E-state index is 12.7. The smallest absolute Gasteiger partial charge is 0.123 e. The second-order valence-electron chi connectivity index (χ2n) is 3.56. The largest absolute Gasteiger partial charge is 0.489 e. The molecule has 0 aliphatic heterocycles. The predicted molar refractivity (Wildman–Crippen MR) is 61.6 cm³/mol. The molecule has 0 aliphatic carbocycles. The van der Waals surface area contributed by atoms with Gasteiger partial charge in [0, 0.05) is 0 Å². The van der Waals surface area contributed by atoms with Gasteiger partial charge in [-0.1, -0.05) is 24.3 Å². The fourth-order valence-electron chi connectivity index (χ4n) is 1.38. The van der Waals surface area contributed by atoms with E-state index in [2.05, 4.69) is 6.92 Å². The second-order valence-corrected chi connectivity index (χ2v) is 3.56. The van der Waals surface area contributed by atoms with Crippen molar-refractivity contribution in [1.29, 1.82) is 0 Å². The molecule has 0 bridgehead atoms. The van der Waals surface area contributed by atoms with Gasteiger partial charge in [-0.2, -0.15) is 0 Å². The summed E-state index contributed by atoms with van der Waals surface area (Å²) < 4.78 is 18.2. The van der Waals surface area contributed by atoms with Crippen molar-refractivity contribution in [2.75, 3.05) is 0 Å². The molecule has 1 radical (unpaired) electrons. The molecular formula is C14H12FO. The van der Waals surface area contributed by atoms with Crippen molar-refractivity contribution in [2.45, 2.75) is 6.61 Å². The van der Waals surface area contributed by atoms with Crippen LogP contribution >= 0.6 is 0 Å². The van der Waals surface area contributed by atoms with E-state index in [1.165, 1.54) is 12.1 Å². The van der Waals surface area contributed by atoms with Gasteiger partial charge in [-0.15, -0.1) is 0 Å². The van der Waals surface area contributed by atoms with E-state index in [1.807, 2.05) is 24.3 Å². The van der Waals surface area contributed by atoms with Crippen LogP contribution in [0.2, 0.25) is 0 Å². The quantitative estimate of drug-likeness (QED) is 0.760. The van der Waals surface area contributed by atoms with Gasteiger partial charge in [-0.25, -0.2) is 4.39 Å². The van der Waals surface area contributed by atoms with Crippen LogP contribution in [0.5, 0.6) is 5.75 Å². The molecule has 81 valence electrons. The van der Waals surface area contributed by atoms with Gasteiger partial charge in [-0.05, 0) is 42.3 Å². The summed E-state index contributed by atoms with van der Waals surface area (Å²) in [6.45, 7) is 4.25. The molecule has 0 unspecified atom stereocenters. The standard InChI is InChI=1S/C14H12FO/c1-11-3-2-4-14(9-11)16-10-12-5-7-13(15)8-6-12/h2-9H,1,10H2. The van der Waals surface area contributed by atoms with E-state index >= 15 is 0 Å². The van der Waals surface area contributed by atoms with Crippen molar-refractivity contribution < 1.29 is 9.13 Å². The van der Waals surface area contributed by atoms with Crippen LogP contribution in [-0.2, 0) is 6.61 Å². The lowest BCUT2D eigenvalue weighted by Gasteiger charge is -2.06. The number of hydrogen-bond acceptors (Lipinski definition) is 1. The molecule has 2 aromatic carbocycles. The Morgan fingerprint density at radius 3 is 2.50 bits per heavy atom. The van der Waals surface area contributed by atoms with Gasteiger partial charge in [0.05, 0.1) is 0 Å². The third kappa shape index (κ3) is 2.83. The normalized spacial score (nSPS) is 10.1. The topological polar surface area (TPSA) is 9.23 Å². The van der Waals surface area contributed by atoms with Crippen molar-refractivity contribution in [3.8, 4) is 5.75 Å². The Kier molecular flexibility index (Phi) is 3.20. The second kappa shape index (κ2) is 4.79. The summed E-state index contributed by atoms with van der Waals surface area (Å²) in [5.74, 6) is 0.542. The van der Waals surface area contributed by atoms with E-state index in [9.17, 15) is 4.39 Å². The highest BCUT2D eigenvalue weighted by Crippen LogP contribution is 2.14. The molecule has 0 heterocycles. The van der Waals surface area contributed by atoms with E-state index in [0.717, 1.165) is 16.9 Å². The summed E-state index contributed by atoms with van der Waals surface area (Å²) in [5, 5.41) is 0. The van der Waals surface area contributed by atoms with Crippen molar-refractivity contribution in [2.24, 2.45) is 0 Å². The zero-order chi connectivity index (χ0) is 11.4. The SMILES string of the molecule is [CH2]c1cccc(OCc2ccc(F)cc2)c1. The average molecular weight is 215 g/mol. The Balaban J connectivity index is 1.99. The molecule has 0 N–H and O–H groups in total. The molecule has 0 saturated heterocycles. The monoisotopic (exact) mass is 215 g/mol. The lowest BCUT2D eigenvalue weighted by atomic mass is 10.2. The number of rotatable bonds is 3. The van der Waals surface area contributed by atoms with Gasteiger partial charge < -0.3 is 4.74 Å². The fraction of sp³-hybridized carbons (Fsp3) is 0.0714. The molecular weight excluding hydrogens is 203 g/mol. The average Bonchev–Trinajstić information content (AvgIpc) is 2.28. The lowest BCUT2D eigenvalue weighted by Crippen LogP contribution is -1.95. The van der Waals surface area contributed by atoms with E-state index in [0.29, 0.717) is 6.61 Å². The summed E-state index contributed by atoms with van der Waals surface area (Å²) in [4.78, 5) is 0. The minimum absolute atomic E-state index is 0.233. The predicted octanol–water partition coefficient (Wildman–Crippen LogP) is 3.59. The molecule has 0 amide bonds. The molecule has 1 nitrogen and oxygen atoms in total. The van der Waals surface area contributed by atoms with Crippen molar-refractivity contribution in [1.82, 2.24) is 0 Å². The van der Waals surface area contributed by atoms with Gasteiger partial charge in [0.2, 0.25) is 0 Å². The Bertz CT molecular complexity index is 462. The summed E-state index contributed by atoms with van der Waals surface area (Å²) >= 11 is 0. The van der Waals surface area contributed by atoms with E-state index in [1.54, 1.807) is 12.1 Å². The highest BCUT2D eigenvalue weighted by atomic mass is 19.1. The highest BCUT2D eigenvalue weighted by Gasteiger charge is 1.96. The van der Waals surface area contributed by atoms with Crippen LogP contribution in [0.15, 0.2) is 48.5 Å². The van der Waals surface area contributed by atoms with Gasteiger partial charge in [0.1, 0.15) is 18.2 Å². The Morgan fingerprint density at radius 1 is 1.06 bits per heavy atom. The molecule has 0 atom stereocenters. The zero-order valence-corrected chi connectivity index (χ0v) is 8.82. The molecule has 0 aromatic heterocycles. The van der Waals surface area contributed by atoms with Crippen molar-refractivity contribution in [3.63, 3.8) is 0 Å². The number of halogens is 1. The molecule has 2 aromatic rings.